The number of ether oxygens (including phenoxy) is 1. The van der Waals surface area contributed by atoms with Crippen LogP contribution in [-0.4, -0.2) is 36.5 Å². The quantitative estimate of drug-likeness (QED) is 0.647. The summed E-state index contributed by atoms with van der Waals surface area (Å²) in [6, 6.07) is 6.28. The molecule has 0 unspecified atom stereocenters. The maximum Gasteiger partial charge on any atom is 0.356 e. The lowest BCUT2D eigenvalue weighted by atomic mass is 10.3. The van der Waals surface area contributed by atoms with Crippen LogP contribution >= 0.6 is 23.2 Å². The van der Waals surface area contributed by atoms with E-state index in [1.807, 2.05) is 0 Å². The van der Waals surface area contributed by atoms with E-state index < -0.39 is 11.9 Å². The van der Waals surface area contributed by atoms with Crippen molar-refractivity contribution in [2.24, 2.45) is 7.05 Å². The van der Waals surface area contributed by atoms with Crippen molar-refractivity contribution in [3.63, 3.8) is 0 Å². The molecule has 140 valence electrons. The first-order chi connectivity index (χ1) is 12.8. The van der Waals surface area contributed by atoms with Crippen molar-refractivity contribution in [1.29, 1.82) is 0 Å². The minimum Gasteiger partial charge on any atom is -0.476 e. The van der Waals surface area contributed by atoms with Crippen molar-refractivity contribution in [3.05, 3.63) is 58.1 Å². The van der Waals surface area contributed by atoms with E-state index in [9.17, 15) is 14.7 Å². The topological polar surface area (TPSA) is 111 Å². The van der Waals surface area contributed by atoms with Gasteiger partial charge in [0.25, 0.3) is 5.91 Å². The van der Waals surface area contributed by atoms with Gasteiger partial charge in [-0.25, -0.2) is 9.48 Å². The van der Waals surface area contributed by atoms with E-state index in [0.717, 1.165) is 4.68 Å². The summed E-state index contributed by atoms with van der Waals surface area (Å²) >= 11 is 11.9. The molecular formula is C16H13Cl2N5O4. The summed E-state index contributed by atoms with van der Waals surface area (Å²) in [6.07, 6.45) is 2.80. The number of aryl methyl sites for hydroxylation is 1. The molecule has 0 spiro atoms. The summed E-state index contributed by atoms with van der Waals surface area (Å²) < 4.78 is 8.07. The Balaban J connectivity index is 1.66. The van der Waals surface area contributed by atoms with Gasteiger partial charge >= 0.3 is 5.97 Å². The van der Waals surface area contributed by atoms with Crippen LogP contribution in [-0.2, 0) is 13.8 Å². The molecule has 2 N–H and O–H groups in total. The van der Waals surface area contributed by atoms with Crippen LogP contribution in [0.4, 0.5) is 5.69 Å². The van der Waals surface area contributed by atoms with Gasteiger partial charge in [-0.15, -0.1) is 0 Å². The molecule has 2 aromatic heterocycles. The Morgan fingerprint density at radius 3 is 2.78 bits per heavy atom. The maximum atomic E-state index is 12.3. The molecule has 0 saturated carbocycles. The first kappa shape index (κ1) is 18.7. The van der Waals surface area contributed by atoms with Gasteiger partial charge in [-0.3, -0.25) is 9.48 Å². The Morgan fingerprint density at radius 2 is 2.07 bits per heavy atom. The van der Waals surface area contributed by atoms with Gasteiger partial charge < -0.3 is 15.2 Å². The third-order valence-corrected chi connectivity index (χ3v) is 4.04. The fourth-order valence-electron chi connectivity index (χ4n) is 2.25. The highest BCUT2D eigenvalue weighted by molar-refractivity contribution is 6.35. The molecule has 3 rings (SSSR count). The number of carbonyl (C=O) groups excluding carboxylic acids is 1. The number of amides is 1. The fraction of sp³-hybridized carbons (Fsp3) is 0.125. The van der Waals surface area contributed by atoms with Crippen molar-refractivity contribution in [3.8, 4) is 5.75 Å². The summed E-state index contributed by atoms with van der Waals surface area (Å²) in [5.41, 5.74) is 0.0261. The van der Waals surface area contributed by atoms with Gasteiger partial charge in [0.05, 0.1) is 16.9 Å². The van der Waals surface area contributed by atoms with Crippen LogP contribution in [0.2, 0.25) is 10.0 Å². The van der Waals surface area contributed by atoms with E-state index in [0.29, 0.717) is 15.8 Å². The van der Waals surface area contributed by atoms with Crippen LogP contribution in [0, 0.1) is 0 Å². The predicted octanol–water partition coefficient (Wildman–Crippen LogP) is 2.91. The summed E-state index contributed by atoms with van der Waals surface area (Å²) in [5, 5.41) is 20.4. The van der Waals surface area contributed by atoms with E-state index in [4.69, 9.17) is 27.9 Å². The van der Waals surface area contributed by atoms with Gasteiger partial charge in [0, 0.05) is 18.3 Å². The Hall–Kier alpha value is -3.04. The smallest absolute Gasteiger partial charge is 0.356 e. The molecule has 0 saturated heterocycles. The minimum atomic E-state index is -1.20. The number of hydrogen-bond acceptors (Lipinski definition) is 5. The zero-order valence-electron chi connectivity index (χ0n) is 13.9. The zero-order chi connectivity index (χ0) is 19.6. The summed E-state index contributed by atoms with van der Waals surface area (Å²) in [4.78, 5) is 23.5. The number of carbonyl (C=O) groups is 2. The average Bonchev–Trinajstić information content (AvgIpc) is 3.21. The monoisotopic (exact) mass is 409 g/mol. The second kappa shape index (κ2) is 7.68. The normalized spacial score (nSPS) is 10.6. The largest absolute Gasteiger partial charge is 0.476 e. The number of rotatable bonds is 6. The lowest BCUT2D eigenvalue weighted by Gasteiger charge is -2.08. The Morgan fingerprint density at radius 1 is 1.30 bits per heavy atom. The summed E-state index contributed by atoms with van der Waals surface area (Å²) in [5.74, 6) is -1.36. The first-order valence-corrected chi connectivity index (χ1v) is 8.28. The van der Waals surface area contributed by atoms with Gasteiger partial charge in [0.15, 0.2) is 18.1 Å². The molecule has 0 atom stereocenters. The van der Waals surface area contributed by atoms with E-state index in [-0.39, 0.29) is 23.8 Å². The Kier molecular flexibility index (Phi) is 5.33. The molecule has 0 aliphatic heterocycles. The van der Waals surface area contributed by atoms with E-state index >= 15 is 0 Å². The summed E-state index contributed by atoms with van der Waals surface area (Å²) in [7, 11) is 1.47. The van der Waals surface area contributed by atoms with Gasteiger partial charge in [-0.2, -0.15) is 10.2 Å². The highest BCUT2D eigenvalue weighted by Crippen LogP contribution is 2.27. The molecule has 1 aromatic carbocycles. The van der Waals surface area contributed by atoms with Crippen LogP contribution in [0.3, 0.4) is 0 Å². The molecule has 2 heterocycles. The Bertz CT molecular complexity index is 1010. The highest BCUT2D eigenvalue weighted by Gasteiger charge is 2.19. The SMILES string of the molecule is Cn1ncc(NC(=O)c2ccn(COc3ccc(Cl)cc3Cl)n2)c1C(=O)O. The van der Waals surface area contributed by atoms with Gasteiger partial charge in [0.1, 0.15) is 5.75 Å². The number of carboxylic acids is 1. The van der Waals surface area contributed by atoms with Crippen LogP contribution in [0.5, 0.6) is 5.75 Å². The molecular weight excluding hydrogens is 397 g/mol. The number of nitrogens with zero attached hydrogens (tertiary/aromatic N) is 4. The minimum absolute atomic E-state index is 0.0158. The van der Waals surface area contributed by atoms with Crippen molar-refractivity contribution >= 4 is 40.8 Å². The van der Waals surface area contributed by atoms with Gasteiger partial charge in [-0.05, 0) is 24.3 Å². The third-order valence-electron chi connectivity index (χ3n) is 3.51. The molecule has 1 amide bonds. The van der Waals surface area contributed by atoms with Crippen LogP contribution in [0.25, 0.3) is 0 Å². The zero-order valence-corrected chi connectivity index (χ0v) is 15.4. The molecule has 3 aromatic rings. The first-order valence-electron chi connectivity index (χ1n) is 7.53. The lowest BCUT2D eigenvalue weighted by Crippen LogP contribution is -2.16. The van der Waals surface area contributed by atoms with Crippen molar-refractivity contribution < 1.29 is 19.4 Å². The standard InChI is InChI=1S/C16H13Cl2N5O4/c1-22-14(16(25)26)12(7-19-22)20-15(24)11-4-5-23(21-11)8-27-13-3-2-9(17)6-10(13)18/h2-7H,8H2,1H3,(H,20,24)(H,25,26). The molecule has 0 radical (unpaired) electrons. The van der Waals surface area contributed by atoms with Gasteiger partial charge in [0.2, 0.25) is 0 Å². The Labute approximate surface area is 163 Å². The third kappa shape index (κ3) is 4.21. The van der Waals surface area contributed by atoms with E-state index in [2.05, 4.69) is 15.5 Å². The number of aromatic carboxylic acids is 1. The molecule has 0 aliphatic rings. The number of anilines is 1. The second-order valence-electron chi connectivity index (χ2n) is 5.38. The highest BCUT2D eigenvalue weighted by atomic mass is 35.5. The van der Waals surface area contributed by atoms with Crippen LogP contribution in [0.15, 0.2) is 36.7 Å². The molecule has 27 heavy (non-hydrogen) atoms. The van der Waals surface area contributed by atoms with E-state index in [1.165, 1.54) is 24.0 Å². The lowest BCUT2D eigenvalue weighted by molar-refractivity contribution is 0.0686. The molecule has 0 fully saturated rings. The van der Waals surface area contributed by atoms with Crippen molar-refractivity contribution in [2.45, 2.75) is 6.73 Å². The number of carboxylic acid groups (broad SMARTS) is 1. The number of nitrogens with one attached hydrogen (secondary N) is 1. The summed E-state index contributed by atoms with van der Waals surface area (Å²) in [6.45, 7) is 0.0158. The predicted molar refractivity (Wildman–Crippen MR) is 97.4 cm³/mol. The number of halogens is 2. The number of benzene rings is 1. The number of aromatic nitrogens is 4. The van der Waals surface area contributed by atoms with Crippen molar-refractivity contribution in [1.82, 2.24) is 19.6 Å². The fourth-order valence-corrected chi connectivity index (χ4v) is 2.71. The van der Waals surface area contributed by atoms with Gasteiger partial charge in [-0.1, -0.05) is 23.2 Å². The van der Waals surface area contributed by atoms with Crippen LogP contribution in [0.1, 0.15) is 21.0 Å². The average molecular weight is 410 g/mol. The van der Waals surface area contributed by atoms with Crippen LogP contribution < -0.4 is 10.1 Å². The molecule has 9 nitrogen and oxygen atoms in total. The maximum absolute atomic E-state index is 12.3. The second-order valence-corrected chi connectivity index (χ2v) is 6.22. The van der Waals surface area contributed by atoms with E-state index in [1.54, 1.807) is 24.4 Å². The van der Waals surface area contributed by atoms with Crippen molar-refractivity contribution in [2.75, 3.05) is 5.32 Å². The molecule has 0 bridgehead atoms. The number of hydrogen-bond donors (Lipinski definition) is 2. The molecule has 0 aliphatic carbocycles. The molecule has 11 heteroatoms.